The zero-order chi connectivity index (χ0) is 10.3. The molecular formula is C8H6BrN3O2. The SMILES string of the molecule is NC(=O)c1c[nH]n2cc(Br)cc2c1=O. The molecule has 0 fully saturated rings. The van der Waals surface area contributed by atoms with Crippen molar-refractivity contribution in [2.75, 3.05) is 0 Å². The highest BCUT2D eigenvalue weighted by Gasteiger charge is 2.10. The Morgan fingerprint density at radius 2 is 2.29 bits per heavy atom. The number of amides is 1. The summed E-state index contributed by atoms with van der Waals surface area (Å²) >= 11 is 3.22. The highest BCUT2D eigenvalue weighted by molar-refractivity contribution is 9.10. The molecule has 0 unspecified atom stereocenters. The number of nitrogens with one attached hydrogen (secondary N) is 1. The molecule has 0 atom stereocenters. The molecule has 0 aliphatic heterocycles. The number of carbonyl (C=O) groups is 1. The van der Waals surface area contributed by atoms with Crippen LogP contribution >= 0.6 is 15.9 Å². The topological polar surface area (TPSA) is 80.4 Å². The van der Waals surface area contributed by atoms with Crippen LogP contribution in [-0.4, -0.2) is 15.5 Å². The van der Waals surface area contributed by atoms with Crippen molar-refractivity contribution in [2.24, 2.45) is 5.73 Å². The summed E-state index contributed by atoms with van der Waals surface area (Å²) in [6, 6.07) is 1.62. The van der Waals surface area contributed by atoms with Crippen molar-refractivity contribution in [3.8, 4) is 0 Å². The first kappa shape index (κ1) is 9.01. The van der Waals surface area contributed by atoms with E-state index in [1.165, 1.54) is 10.7 Å². The molecule has 0 saturated carbocycles. The number of rotatable bonds is 1. The second-order valence-corrected chi connectivity index (χ2v) is 3.71. The Hall–Kier alpha value is -1.56. The zero-order valence-electron chi connectivity index (χ0n) is 6.95. The van der Waals surface area contributed by atoms with Gasteiger partial charge in [0.25, 0.3) is 5.91 Å². The molecule has 0 aromatic carbocycles. The second-order valence-electron chi connectivity index (χ2n) is 2.79. The van der Waals surface area contributed by atoms with Crippen LogP contribution in [0.1, 0.15) is 10.4 Å². The van der Waals surface area contributed by atoms with E-state index in [1.807, 2.05) is 0 Å². The molecule has 3 N–H and O–H groups in total. The van der Waals surface area contributed by atoms with Crippen LogP contribution in [-0.2, 0) is 0 Å². The van der Waals surface area contributed by atoms with Crippen LogP contribution in [0.3, 0.4) is 0 Å². The fraction of sp³-hybridized carbons (Fsp3) is 0. The summed E-state index contributed by atoms with van der Waals surface area (Å²) < 4.78 is 2.27. The highest BCUT2D eigenvalue weighted by Crippen LogP contribution is 2.11. The molecule has 0 aliphatic carbocycles. The Balaban J connectivity index is 2.88. The standard InChI is InChI=1S/C8H6BrN3O2/c9-4-1-6-7(13)5(8(10)14)2-11-12(6)3-4/h1-3,11H,(H2,10,14). The van der Waals surface area contributed by atoms with Crippen LogP contribution in [0.5, 0.6) is 0 Å². The molecule has 0 aliphatic rings. The van der Waals surface area contributed by atoms with Crippen molar-refractivity contribution in [3.05, 3.63) is 38.7 Å². The molecule has 2 aromatic heterocycles. The molecule has 0 radical (unpaired) electrons. The van der Waals surface area contributed by atoms with E-state index in [-0.39, 0.29) is 11.0 Å². The lowest BCUT2D eigenvalue weighted by Gasteiger charge is -1.96. The molecule has 0 spiro atoms. The average Bonchev–Trinajstić information content (AvgIpc) is 2.46. The number of H-pyrrole nitrogens is 1. The third-order valence-electron chi connectivity index (χ3n) is 1.88. The summed E-state index contributed by atoms with van der Waals surface area (Å²) in [4.78, 5) is 22.5. The van der Waals surface area contributed by atoms with Crippen LogP contribution in [0, 0.1) is 0 Å². The summed E-state index contributed by atoms with van der Waals surface area (Å²) in [5.41, 5.74) is 5.00. The van der Waals surface area contributed by atoms with Gasteiger partial charge in [-0.1, -0.05) is 0 Å². The number of hydrogen-bond acceptors (Lipinski definition) is 2. The summed E-state index contributed by atoms with van der Waals surface area (Å²) in [5.74, 6) is -0.730. The predicted molar refractivity (Wildman–Crippen MR) is 54.2 cm³/mol. The Morgan fingerprint density at radius 3 is 2.93 bits per heavy atom. The molecule has 0 bridgehead atoms. The van der Waals surface area contributed by atoms with E-state index in [4.69, 9.17) is 5.73 Å². The molecule has 2 heterocycles. The first-order chi connectivity index (χ1) is 6.59. The van der Waals surface area contributed by atoms with Gasteiger partial charge in [-0.15, -0.1) is 0 Å². The lowest BCUT2D eigenvalue weighted by atomic mass is 10.2. The van der Waals surface area contributed by atoms with E-state index in [0.29, 0.717) is 5.52 Å². The lowest BCUT2D eigenvalue weighted by Crippen LogP contribution is -2.23. The van der Waals surface area contributed by atoms with Gasteiger partial charge in [-0.2, -0.15) is 0 Å². The number of fused-ring (bicyclic) bond motifs is 1. The van der Waals surface area contributed by atoms with Crippen molar-refractivity contribution in [1.29, 1.82) is 0 Å². The highest BCUT2D eigenvalue weighted by atomic mass is 79.9. The number of nitrogens with zero attached hydrogens (tertiary/aromatic N) is 1. The molecule has 2 aromatic rings. The number of carbonyl (C=O) groups excluding carboxylic acids is 1. The van der Waals surface area contributed by atoms with E-state index in [1.54, 1.807) is 12.3 Å². The number of aromatic nitrogens is 2. The predicted octanol–water partition coefficient (Wildman–Crippen LogP) is 0.489. The zero-order valence-corrected chi connectivity index (χ0v) is 8.54. The van der Waals surface area contributed by atoms with Gasteiger partial charge in [-0.05, 0) is 22.0 Å². The van der Waals surface area contributed by atoms with Gasteiger partial charge in [-0.3, -0.25) is 14.1 Å². The Kier molecular flexibility index (Phi) is 1.92. The molecule has 1 amide bonds. The Bertz CT molecular complexity index is 569. The van der Waals surface area contributed by atoms with Crippen molar-refractivity contribution >= 4 is 27.4 Å². The van der Waals surface area contributed by atoms with E-state index in [2.05, 4.69) is 21.0 Å². The van der Waals surface area contributed by atoms with Gasteiger partial charge in [0, 0.05) is 16.9 Å². The van der Waals surface area contributed by atoms with Crippen LogP contribution in [0.25, 0.3) is 5.52 Å². The van der Waals surface area contributed by atoms with Gasteiger partial charge in [0.15, 0.2) is 0 Å². The molecule has 14 heavy (non-hydrogen) atoms. The maximum absolute atomic E-state index is 11.6. The van der Waals surface area contributed by atoms with Crippen molar-refractivity contribution < 1.29 is 4.79 Å². The summed E-state index contributed by atoms with van der Waals surface area (Å²) in [5, 5.41) is 2.75. The third kappa shape index (κ3) is 1.24. The smallest absolute Gasteiger partial charge is 0.254 e. The first-order valence-corrected chi connectivity index (χ1v) is 4.58. The summed E-state index contributed by atoms with van der Waals surface area (Å²) in [6.45, 7) is 0. The Labute approximate surface area is 86.6 Å². The lowest BCUT2D eigenvalue weighted by molar-refractivity contribution is 0.0999. The maximum Gasteiger partial charge on any atom is 0.254 e. The summed E-state index contributed by atoms with van der Waals surface area (Å²) in [7, 11) is 0. The number of halogens is 1. The van der Waals surface area contributed by atoms with Gasteiger partial charge < -0.3 is 10.8 Å². The van der Waals surface area contributed by atoms with Gasteiger partial charge in [0.05, 0.1) is 0 Å². The minimum Gasteiger partial charge on any atom is -0.365 e. The van der Waals surface area contributed by atoms with Crippen LogP contribution in [0.4, 0.5) is 0 Å². The van der Waals surface area contributed by atoms with E-state index in [0.717, 1.165) is 4.47 Å². The number of aromatic amines is 1. The minimum atomic E-state index is -0.730. The quantitative estimate of drug-likeness (QED) is 0.778. The largest absolute Gasteiger partial charge is 0.365 e. The third-order valence-corrected chi connectivity index (χ3v) is 2.31. The fourth-order valence-corrected chi connectivity index (χ4v) is 1.65. The first-order valence-electron chi connectivity index (χ1n) is 3.78. The van der Waals surface area contributed by atoms with Crippen LogP contribution in [0.2, 0.25) is 0 Å². The van der Waals surface area contributed by atoms with E-state index < -0.39 is 5.91 Å². The monoisotopic (exact) mass is 255 g/mol. The minimum absolute atomic E-state index is 0.0388. The molecule has 72 valence electrons. The number of primary amides is 1. The molecule has 0 saturated heterocycles. The maximum atomic E-state index is 11.6. The fourth-order valence-electron chi connectivity index (χ4n) is 1.23. The van der Waals surface area contributed by atoms with Crippen LogP contribution in [0.15, 0.2) is 27.7 Å². The average molecular weight is 256 g/mol. The number of hydrogen-bond donors (Lipinski definition) is 2. The summed E-state index contributed by atoms with van der Waals surface area (Å²) in [6.07, 6.45) is 2.98. The van der Waals surface area contributed by atoms with Gasteiger partial charge in [-0.25, -0.2) is 0 Å². The van der Waals surface area contributed by atoms with Crippen molar-refractivity contribution in [3.63, 3.8) is 0 Å². The van der Waals surface area contributed by atoms with Crippen LogP contribution < -0.4 is 11.2 Å². The number of nitrogens with two attached hydrogens (primary N) is 1. The second kappa shape index (κ2) is 2.98. The Morgan fingerprint density at radius 1 is 1.57 bits per heavy atom. The molecule has 5 nitrogen and oxygen atoms in total. The van der Waals surface area contributed by atoms with Gasteiger partial charge >= 0.3 is 0 Å². The normalized spacial score (nSPS) is 10.6. The molecule has 6 heteroatoms. The van der Waals surface area contributed by atoms with Gasteiger partial charge in [0.1, 0.15) is 11.1 Å². The van der Waals surface area contributed by atoms with Gasteiger partial charge in [0.2, 0.25) is 5.43 Å². The van der Waals surface area contributed by atoms with Crippen molar-refractivity contribution in [2.45, 2.75) is 0 Å². The molecular weight excluding hydrogens is 250 g/mol. The van der Waals surface area contributed by atoms with E-state index in [9.17, 15) is 9.59 Å². The van der Waals surface area contributed by atoms with Crippen molar-refractivity contribution in [1.82, 2.24) is 9.61 Å². The van der Waals surface area contributed by atoms with E-state index >= 15 is 0 Å². The molecule has 2 rings (SSSR count).